The van der Waals surface area contributed by atoms with Gasteiger partial charge in [0.2, 0.25) is 0 Å². The third kappa shape index (κ3) is 5.70. The van der Waals surface area contributed by atoms with Gasteiger partial charge in [-0.05, 0) is 112 Å². The van der Waals surface area contributed by atoms with E-state index in [1.807, 2.05) is 0 Å². The predicted octanol–water partition coefficient (Wildman–Crippen LogP) is 14.2. The normalized spacial score (nSPS) is 12.9. The zero-order valence-electron chi connectivity index (χ0n) is 29.9. The molecular weight excluding hydrogens is 653 g/mol. The highest BCUT2D eigenvalue weighted by Crippen LogP contribution is 2.40. The quantitative estimate of drug-likeness (QED) is 0.162. The number of hydrogen-bond donors (Lipinski definition) is 0. The van der Waals surface area contributed by atoms with Crippen LogP contribution in [0.15, 0.2) is 212 Å². The third-order valence-corrected chi connectivity index (χ3v) is 10.9. The van der Waals surface area contributed by atoms with Gasteiger partial charge in [0.25, 0.3) is 0 Å². The van der Waals surface area contributed by atoms with E-state index in [0.717, 1.165) is 18.5 Å². The highest BCUT2D eigenvalue weighted by molar-refractivity contribution is 6.21. The molecule has 1 heterocycles. The molecular formula is C52H38N2. The van der Waals surface area contributed by atoms with E-state index >= 15 is 0 Å². The number of fused-ring (bicyclic) bond motifs is 5. The first kappa shape index (κ1) is 31.8. The minimum absolute atomic E-state index is 0.943. The molecule has 0 aliphatic heterocycles. The molecule has 0 unspecified atom stereocenters. The van der Waals surface area contributed by atoms with Crippen LogP contribution in [0.1, 0.15) is 18.4 Å². The van der Waals surface area contributed by atoms with E-state index in [1.54, 1.807) is 0 Å². The lowest BCUT2D eigenvalue weighted by Crippen LogP contribution is -2.17. The van der Waals surface area contributed by atoms with Gasteiger partial charge in [0.15, 0.2) is 0 Å². The van der Waals surface area contributed by atoms with Gasteiger partial charge in [0, 0.05) is 33.5 Å². The molecule has 256 valence electrons. The number of nitrogens with zero attached hydrogens (tertiary/aromatic N) is 2. The molecule has 0 radical (unpaired) electrons. The first-order chi connectivity index (χ1) is 26.8. The van der Waals surface area contributed by atoms with Crippen molar-refractivity contribution in [2.75, 3.05) is 4.90 Å². The van der Waals surface area contributed by atoms with Crippen molar-refractivity contribution >= 4 is 49.5 Å². The Hall–Kier alpha value is -6.90. The van der Waals surface area contributed by atoms with Crippen LogP contribution in [0.2, 0.25) is 0 Å². The highest BCUT2D eigenvalue weighted by atomic mass is 15.1. The summed E-state index contributed by atoms with van der Waals surface area (Å²) >= 11 is 0. The van der Waals surface area contributed by atoms with Crippen molar-refractivity contribution in [3.05, 3.63) is 218 Å². The molecule has 1 aliphatic carbocycles. The Morgan fingerprint density at radius 1 is 0.389 bits per heavy atom. The first-order valence-corrected chi connectivity index (χ1v) is 18.8. The average Bonchev–Trinajstić information content (AvgIpc) is 3.60. The molecule has 0 spiro atoms. The number of hydrogen-bond acceptors (Lipinski definition) is 1. The monoisotopic (exact) mass is 690 g/mol. The maximum absolute atomic E-state index is 2.42. The summed E-state index contributed by atoms with van der Waals surface area (Å²) in [5.74, 6) is 0. The maximum Gasteiger partial charge on any atom is 0.0547 e. The molecule has 2 heteroatoms. The van der Waals surface area contributed by atoms with Crippen molar-refractivity contribution in [3.8, 4) is 27.9 Å². The van der Waals surface area contributed by atoms with Gasteiger partial charge in [0.1, 0.15) is 0 Å². The number of benzene rings is 8. The lowest BCUT2D eigenvalue weighted by molar-refractivity contribution is 0.930. The summed E-state index contributed by atoms with van der Waals surface area (Å²) in [5.41, 5.74) is 14.8. The van der Waals surface area contributed by atoms with Crippen molar-refractivity contribution in [2.45, 2.75) is 12.8 Å². The van der Waals surface area contributed by atoms with Crippen molar-refractivity contribution < 1.29 is 0 Å². The van der Waals surface area contributed by atoms with Crippen LogP contribution in [0, 0.1) is 0 Å². The summed E-state index contributed by atoms with van der Waals surface area (Å²) in [4.78, 5) is 2.42. The van der Waals surface area contributed by atoms with E-state index in [-0.39, 0.29) is 0 Å². The molecule has 0 amide bonds. The van der Waals surface area contributed by atoms with Crippen LogP contribution < -0.4 is 4.90 Å². The van der Waals surface area contributed by atoms with Crippen LogP contribution in [0.5, 0.6) is 0 Å². The molecule has 54 heavy (non-hydrogen) atoms. The maximum atomic E-state index is 2.42. The van der Waals surface area contributed by atoms with Gasteiger partial charge < -0.3 is 9.47 Å². The average molecular weight is 691 g/mol. The Labute approximate surface area is 316 Å². The van der Waals surface area contributed by atoms with Crippen molar-refractivity contribution in [2.24, 2.45) is 0 Å². The minimum atomic E-state index is 0.943. The molecule has 0 atom stereocenters. The SMILES string of the molecule is C1=C(c2ccc(-n3c4ccccc4c4c5ccccc5ccc43)cc2)CCC(N(c2ccccc2)c2cccc(-c3ccc(-c4ccccc4)cc3)c2)=C1. The van der Waals surface area contributed by atoms with E-state index in [2.05, 4.69) is 216 Å². The summed E-state index contributed by atoms with van der Waals surface area (Å²) in [6.07, 6.45) is 6.55. The van der Waals surface area contributed by atoms with Crippen LogP contribution in [0.3, 0.4) is 0 Å². The summed E-state index contributed by atoms with van der Waals surface area (Å²) in [6, 6.07) is 70.3. The van der Waals surface area contributed by atoms with Gasteiger partial charge in [-0.3, -0.25) is 0 Å². The second-order valence-electron chi connectivity index (χ2n) is 14.1. The lowest BCUT2D eigenvalue weighted by Gasteiger charge is -2.30. The van der Waals surface area contributed by atoms with Gasteiger partial charge >= 0.3 is 0 Å². The minimum Gasteiger partial charge on any atom is -0.314 e. The van der Waals surface area contributed by atoms with E-state index in [4.69, 9.17) is 0 Å². The predicted molar refractivity (Wildman–Crippen MR) is 229 cm³/mol. The Bertz CT molecular complexity index is 2840. The lowest BCUT2D eigenvalue weighted by atomic mass is 9.94. The highest BCUT2D eigenvalue weighted by Gasteiger charge is 2.19. The summed E-state index contributed by atoms with van der Waals surface area (Å²) < 4.78 is 2.41. The summed E-state index contributed by atoms with van der Waals surface area (Å²) in [7, 11) is 0. The number of aromatic nitrogens is 1. The number of para-hydroxylation sites is 2. The van der Waals surface area contributed by atoms with Crippen LogP contribution in [0.4, 0.5) is 11.4 Å². The van der Waals surface area contributed by atoms with Crippen LogP contribution in [0.25, 0.3) is 66.1 Å². The Morgan fingerprint density at radius 2 is 1.00 bits per heavy atom. The zero-order chi connectivity index (χ0) is 35.8. The van der Waals surface area contributed by atoms with Gasteiger partial charge in [-0.2, -0.15) is 0 Å². The topological polar surface area (TPSA) is 8.17 Å². The number of anilines is 2. The van der Waals surface area contributed by atoms with Crippen molar-refractivity contribution in [1.29, 1.82) is 0 Å². The standard InChI is InChI=1S/C52H38N2/c1-3-12-37(13-4-1)38-22-24-41(25-23-38)43-15-11-18-47(36-43)53(44-16-5-2-6-17-44)45-31-26-39(27-32-45)40-28-33-46(34-29-40)54-50-21-10-9-20-49(50)52-48-19-8-7-14-42(48)30-35-51(52)54/h1-26,28-31,33-36H,27,32H2. The largest absolute Gasteiger partial charge is 0.314 e. The van der Waals surface area contributed by atoms with E-state index in [0.29, 0.717) is 0 Å². The molecule has 0 fully saturated rings. The summed E-state index contributed by atoms with van der Waals surface area (Å²) in [6.45, 7) is 0. The number of allylic oxidation sites excluding steroid dienone is 4. The van der Waals surface area contributed by atoms with Crippen LogP contribution in [-0.2, 0) is 0 Å². The van der Waals surface area contributed by atoms with Gasteiger partial charge in [-0.15, -0.1) is 0 Å². The van der Waals surface area contributed by atoms with Gasteiger partial charge in [0.05, 0.1) is 11.0 Å². The fraction of sp³-hybridized carbons (Fsp3) is 0.0385. The third-order valence-electron chi connectivity index (χ3n) is 10.9. The molecule has 2 nitrogen and oxygen atoms in total. The second kappa shape index (κ2) is 13.6. The molecule has 8 aromatic carbocycles. The molecule has 1 aromatic heterocycles. The van der Waals surface area contributed by atoms with Crippen molar-refractivity contribution in [1.82, 2.24) is 4.57 Å². The molecule has 0 bridgehead atoms. The zero-order valence-corrected chi connectivity index (χ0v) is 29.9. The van der Waals surface area contributed by atoms with E-state index in [9.17, 15) is 0 Å². The molecule has 1 aliphatic rings. The van der Waals surface area contributed by atoms with E-state index < -0.39 is 0 Å². The Morgan fingerprint density at radius 3 is 1.76 bits per heavy atom. The van der Waals surface area contributed by atoms with Crippen LogP contribution >= 0.6 is 0 Å². The Kier molecular flexibility index (Phi) is 8.00. The fourth-order valence-corrected chi connectivity index (χ4v) is 8.26. The van der Waals surface area contributed by atoms with Gasteiger partial charge in [-0.25, -0.2) is 0 Å². The molecule has 0 saturated carbocycles. The smallest absolute Gasteiger partial charge is 0.0547 e. The molecule has 10 rings (SSSR count). The Balaban J connectivity index is 0.970. The van der Waals surface area contributed by atoms with Crippen LogP contribution in [-0.4, -0.2) is 4.57 Å². The fourth-order valence-electron chi connectivity index (χ4n) is 8.26. The number of rotatable bonds is 7. The molecule has 0 saturated heterocycles. The summed E-state index contributed by atoms with van der Waals surface area (Å²) in [5, 5.41) is 5.17. The van der Waals surface area contributed by atoms with Gasteiger partial charge in [-0.1, -0.05) is 152 Å². The molecule has 9 aromatic rings. The first-order valence-electron chi connectivity index (χ1n) is 18.8. The van der Waals surface area contributed by atoms with E-state index in [1.165, 1.54) is 83.0 Å². The van der Waals surface area contributed by atoms with Crippen molar-refractivity contribution in [3.63, 3.8) is 0 Å². The molecule has 0 N–H and O–H groups in total. The second-order valence-corrected chi connectivity index (χ2v) is 14.1.